The van der Waals surface area contributed by atoms with E-state index in [1.54, 1.807) is 4.90 Å². The lowest BCUT2D eigenvalue weighted by molar-refractivity contribution is -0.886. The average molecular weight is 280 g/mol. The van der Waals surface area contributed by atoms with Gasteiger partial charge < -0.3 is 9.80 Å². The summed E-state index contributed by atoms with van der Waals surface area (Å²) in [6.07, 6.45) is 1.06. The molecule has 1 aromatic rings. The first-order chi connectivity index (χ1) is 9.11. The number of likely N-dealkylation sites (N-methyl/N-ethyl adjacent to an activating group) is 1. The Morgan fingerprint density at radius 1 is 1.53 bits per heavy atom. The van der Waals surface area contributed by atoms with Crippen molar-refractivity contribution in [3.05, 3.63) is 29.3 Å². The van der Waals surface area contributed by atoms with E-state index in [0.717, 1.165) is 25.2 Å². The van der Waals surface area contributed by atoms with Crippen molar-refractivity contribution < 1.29 is 9.69 Å². The van der Waals surface area contributed by atoms with Crippen molar-refractivity contribution >= 4 is 23.2 Å². The molecular weight excluding hydrogens is 260 g/mol. The molecule has 0 bridgehead atoms. The van der Waals surface area contributed by atoms with E-state index in [1.807, 2.05) is 4.90 Å². The number of alkyl halides is 1. The van der Waals surface area contributed by atoms with Gasteiger partial charge in [-0.25, -0.2) is 0 Å². The molecule has 4 heteroatoms. The molecule has 1 fully saturated rings. The van der Waals surface area contributed by atoms with Crippen molar-refractivity contribution in [1.82, 2.24) is 0 Å². The van der Waals surface area contributed by atoms with Crippen LogP contribution in [0.5, 0.6) is 0 Å². The van der Waals surface area contributed by atoms with Crippen molar-refractivity contribution in [2.45, 2.75) is 25.3 Å². The van der Waals surface area contributed by atoms with Gasteiger partial charge in [-0.1, -0.05) is 17.7 Å². The topological polar surface area (TPSA) is 24.8 Å². The van der Waals surface area contributed by atoms with E-state index in [2.05, 4.69) is 32.2 Å². The van der Waals surface area contributed by atoms with Crippen LogP contribution in [0.1, 0.15) is 23.5 Å². The Morgan fingerprint density at radius 2 is 2.32 bits per heavy atom. The van der Waals surface area contributed by atoms with E-state index >= 15 is 0 Å². The van der Waals surface area contributed by atoms with E-state index in [1.165, 1.54) is 11.1 Å². The number of anilines is 1. The number of amides is 1. The Bertz CT molecular complexity index is 517. The molecule has 1 amide bonds. The molecule has 19 heavy (non-hydrogen) atoms. The van der Waals surface area contributed by atoms with Gasteiger partial charge in [0.2, 0.25) is 5.91 Å². The van der Waals surface area contributed by atoms with Gasteiger partial charge in [-0.2, -0.15) is 0 Å². The zero-order valence-electron chi connectivity index (χ0n) is 11.4. The number of nitrogens with one attached hydrogen (secondary N) is 1. The SMILES string of the molecule is Cc1ccc2c(c1)C1C[NH+](C)CCC1N2C(=O)CCl. The summed E-state index contributed by atoms with van der Waals surface area (Å²) in [5.41, 5.74) is 3.68. The highest BCUT2D eigenvalue weighted by Crippen LogP contribution is 2.43. The zero-order valence-corrected chi connectivity index (χ0v) is 12.2. The van der Waals surface area contributed by atoms with Gasteiger partial charge in [-0.15, -0.1) is 11.6 Å². The average Bonchev–Trinajstić information content (AvgIpc) is 2.71. The second-order valence-corrected chi connectivity index (χ2v) is 6.10. The Labute approximate surface area is 119 Å². The smallest absolute Gasteiger partial charge is 0.242 e. The fourth-order valence-electron chi connectivity index (χ4n) is 3.59. The maximum atomic E-state index is 12.2. The van der Waals surface area contributed by atoms with Crippen LogP contribution in [0.4, 0.5) is 5.69 Å². The number of hydrogen-bond donors (Lipinski definition) is 1. The Morgan fingerprint density at radius 3 is 3.05 bits per heavy atom. The van der Waals surface area contributed by atoms with Crippen LogP contribution >= 0.6 is 11.6 Å². The molecule has 0 aromatic heterocycles. The molecule has 1 N–H and O–H groups in total. The number of nitrogens with zero attached hydrogens (tertiary/aromatic N) is 1. The summed E-state index contributed by atoms with van der Waals surface area (Å²) in [6.45, 7) is 4.34. The predicted octanol–water partition coefficient (Wildman–Crippen LogP) is 0.951. The van der Waals surface area contributed by atoms with E-state index in [9.17, 15) is 4.79 Å². The molecule has 2 aliphatic rings. The van der Waals surface area contributed by atoms with Gasteiger partial charge in [0.25, 0.3) is 0 Å². The van der Waals surface area contributed by atoms with E-state index in [-0.39, 0.29) is 11.8 Å². The third-order valence-corrected chi connectivity index (χ3v) is 4.69. The molecule has 3 rings (SSSR count). The third-order valence-electron chi connectivity index (χ3n) is 4.46. The third kappa shape index (κ3) is 2.05. The number of carbonyl (C=O) groups excluding carboxylic acids is 1. The lowest BCUT2D eigenvalue weighted by atomic mass is 9.89. The van der Waals surface area contributed by atoms with Gasteiger partial charge in [-0.05, 0) is 18.6 Å². The minimum Gasteiger partial charge on any atom is -0.337 e. The molecule has 0 radical (unpaired) electrons. The lowest BCUT2D eigenvalue weighted by Gasteiger charge is -2.34. The molecule has 0 spiro atoms. The number of aryl methyl sites for hydroxylation is 1. The maximum absolute atomic E-state index is 12.2. The monoisotopic (exact) mass is 279 g/mol. The molecule has 3 atom stereocenters. The highest BCUT2D eigenvalue weighted by molar-refractivity contribution is 6.29. The van der Waals surface area contributed by atoms with Gasteiger partial charge in [0.15, 0.2) is 0 Å². The standard InChI is InChI=1S/C15H19ClN2O/c1-10-3-4-13-11(7-10)12-9-17(2)6-5-14(12)18(13)15(19)8-16/h3-4,7,12,14H,5-6,8-9H2,1-2H3/p+1. The normalized spacial score (nSPS) is 29.0. The fraction of sp³-hybridized carbons (Fsp3) is 0.533. The quantitative estimate of drug-likeness (QED) is 0.761. The number of piperidine rings is 1. The molecule has 0 saturated carbocycles. The van der Waals surface area contributed by atoms with E-state index in [0.29, 0.717) is 12.0 Å². The molecule has 1 aromatic carbocycles. The summed E-state index contributed by atoms with van der Waals surface area (Å²) < 4.78 is 0. The summed E-state index contributed by atoms with van der Waals surface area (Å²) in [4.78, 5) is 15.7. The van der Waals surface area contributed by atoms with Crippen LogP contribution < -0.4 is 9.80 Å². The highest BCUT2D eigenvalue weighted by atomic mass is 35.5. The number of hydrogen-bond acceptors (Lipinski definition) is 1. The summed E-state index contributed by atoms with van der Waals surface area (Å²) in [6, 6.07) is 6.73. The number of halogens is 1. The van der Waals surface area contributed by atoms with Crippen molar-refractivity contribution in [3.63, 3.8) is 0 Å². The van der Waals surface area contributed by atoms with Crippen molar-refractivity contribution in [2.24, 2.45) is 0 Å². The van der Waals surface area contributed by atoms with Crippen LogP contribution in [-0.2, 0) is 4.79 Å². The fourth-order valence-corrected chi connectivity index (χ4v) is 3.72. The van der Waals surface area contributed by atoms with Gasteiger partial charge in [0.1, 0.15) is 5.88 Å². The molecule has 2 heterocycles. The molecule has 3 nitrogen and oxygen atoms in total. The first-order valence-corrected chi connectivity index (χ1v) is 7.45. The van der Waals surface area contributed by atoms with Crippen molar-refractivity contribution in [2.75, 3.05) is 30.9 Å². The lowest BCUT2D eigenvalue weighted by Crippen LogP contribution is -3.11. The van der Waals surface area contributed by atoms with E-state index < -0.39 is 0 Å². The van der Waals surface area contributed by atoms with Crippen LogP contribution in [-0.4, -0.2) is 38.0 Å². The molecule has 2 aliphatic heterocycles. The number of fused-ring (bicyclic) bond motifs is 3. The number of benzene rings is 1. The van der Waals surface area contributed by atoms with Gasteiger partial charge in [-0.3, -0.25) is 4.79 Å². The second kappa shape index (κ2) is 4.80. The van der Waals surface area contributed by atoms with Gasteiger partial charge in [0.05, 0.1) is 32.1 Å². The number of quaternary nitrogens is 1. The number of likely N-dealkylation sites (tertiary alicyclic amines) is 1. The summed E-state index contributed by atoms with van der Waals surface area (Å²) in [5.74, 6) is 0.578. The van der Waals surface area contributed by atoms with Crippen LogP contribution in [0.25, 0.3) is 0 Å². The van der Waals surface area contributed by atoms with Gasteiger partial charge >= 0.3 is 0 Å². The van der Waals surface area contributed by atoms with E-state index in [4.69, 9.17) is 11.6 Å². The Balaban J connectivity index is 2.06. The van der Waals surface area contributed by atoms with Gasteiger partial charge in [0, 0.05) is 12.1 Å². The number of rotatable bonds is 1. The molecule has 1 saturated heterocycles. The first-order valence-electron chi connectivity index (χ1n) is 6.91. The summed E-state index contributed by atoms with van der Waals surface area (Å²) in [7, 11) is 2.23. The molecule has 102 valence electrons. The summed E-state index contributed by atoms with van der Waals surface area (Å²) >= 11 is 5.79. The highest BCUT2D eigenvalue weighted by Gasteiger charge is 2.45. The van der Waals surface area contributed by atoms with Crippen molar-refractivity contribution in [1.29, 1.82) is 0 Å². The minimum atomic E-state index is 0.0406. The predicted molar refractivity (Wildman–Crippen MR) is 77.2 cm³/mol. The van der Waals surface area contributed by atoms with Crippen LogP contribution in [0, 0.1) is 6.92 Å². The number of carbonyl (C=O) groups is 1. The van der Waals surface area contributed by atoms with Crippen LogP contribution in [0.15, 0.2) is 18.2 Å². The molecule has 0 aliphatic carbocycles. The molecular formula is C15H20ClN2O+. The zero-order chi connectivity index (χ0) is 13.6. The Kier molecular flexibility index (Phi) is 3.27. The largest absolute Gasteiger partial charge is 0.337 e. The summed E-state index contributed by atoms with van der Waals surface area (Å²) in [5, 5.41) is 0. The van der Waals surface area contributed by atoms with Crippen LogP contribution in [0.2, 0.25) is 0 Å². The molecule has 3 unspecified atom stereocenters. The minimum absolute atomic E-state index is 0.0406. The second-order valence-electron chi connectivity index (χ2n) is 5.83. The maximum Gasteiger partial charge on any atom is 0.242 e. The van der Waals surface area contributed by atoms with Crippen LogP contribution in [0.3, 0.4) is 0 Å². The first kappa shape index (κ1) is 12.9. The van der Waals surface area contributed by atoms with Crippen molar-refractivity contribution in [3.8, 4) is 0 Å². The Hall–Kier alpha value is -1.06.